The maximum absolute atomic E-state index is 5.56. The quantitative estimate of drug-likeness (QED) is 0.745. The predicted molar refractivity (Wildman–Crippen MR) is 64.6 cm³/mol. The van der Waals surface area contributed by atoms with Gasteiger partial charge >= 0.3 is 0 Å². The summed E-state index contributed by atoms with van der Waals surface area (Å²) in [4.78, 5) is 12.4. The first-order chi connectivity index (χ1) is 8.31. The second kappa shape index (κ2) is 4.06. The van der Waals surface area contributed by atoms with Crippen LogP contribution in [0.25, 0.3) is 11.1 Å². The molecule has 3 rings (SSSR count). The van der Waals surface area contributed by atoms with Gasteiger partial charge in [0.15, 0.2) is 5.58 Å². The molecule has 0 aliphatic heterocycles. The van der Waals surface area contributed by atoms with Crippen molar-refractivity contribution in [1.29, 1.82) is 0 Å². The molecule has 0 fully saturated rings. The summed E-state index contributed by atoms with van der Waals surface area (Å²) in [6, 6.07) is 7.60. The Kier molecular flexibility index (Phi) is 2.41. The van der Waals surface area contributed by atoms with E-state index >= 15 is 0 Å². The van der Waals surface area contributed by atoms with Crippen molar-refractivity contribution in [2.75, 3.05) is 5.73 Å². The Hall–Kier alpha value is -2.08. The molecule has 3 aromatic rings. The van der Waals surface area contributed by atoms with Gasteiger partial charge in [-0.2, -0.15) is 0 Å². The number of benzene rings is 1. The smallest absolute Gasteiger partial charge is 0.263 e. The Morgan fingerprint density at radius 2 is 2.00 bits per heavy atom. The number of nitrogens with zero attached hydrogens (tertiary/aromatic N) is 3. The van der Waals surface area contributed by atoms with Crippen molar-refractivity contribution in [2.24, 2.45) is 0 Å². The van der Waals surface area contributed by atoms with Crippen LogP contribution in [0.3, 0.4) is 0 Å². The highest BCUT2D eigenvalue weighted by Gasteiger charge is 2.07. The number of aromatic nitrogens is 3. The van der Waals surface area contributed by atoms with Gasteiger partial charge in [0.25, 0.3) is 5.22 Å². The number of nitrogen functional groups attached to an aromatic ring is 1. The third kappa shape index (κ3) is 2.07. The Bertz CT molecular complexity index is 617. The highest BCUT2D eigenvalue weighted by atomic mass is 32.2. The number of nitrogens with two attached hydrogens (primary N) is 1. The summed E-state index contributed by atoms with van der Waals surface area (Å²) >= 11 is 1.32. The normalized spacial score (nSPS) is 10.8. The molecule has 0 saturated heterocycles. The van der Waals surface area contributed by atoms with Crippen molar-refractivity contribution in [1.82, 2.24) is 15.0 Å². The van der Waals surface area contributed by atoms with Crippen molar-refractivity contribution in [3.8, 4) is 0 Å². The van der Waals surface area contributed by atoms with Gasteiger partial charge in [-0.05, 0) is 23.9 Å². The van der Waals surface area contributed by atoms with Gasteiger partial charge in [-0.25, -0.2) is 15.0 Å². The van der Waals surface area contributed by atoms with E-state index in [2.05, 4.69) is 15.0 Å². The number of anilines is 1. The second-order valence-electron chi connectivity index (χ2n) is 3.33. The number of rotatable bonds is 2. The largest absolute Gasteiger partial charge is 0.431 e. The molecule has 0 saturated carbocycles. The van der Waals surface area contributed by atoms with Crippen molar-refractivity contribution < 1.29 is 4.42 Å². The lowest BCUT2D eigenvalue weighted by atomic mass is 10.3. The molecule has 0 aliphatic carbocycles. The van der Waals surface area contributed by atoms with Gasteiger partial charge in [-0.1, -0.05) is 12.1 Å². The van der Waals surface area contributed by atoms with Crippen LogP contribution in [0.4, 0.5) is 5.82 Å². The second-order valence-corrected chi connectivity index (χ2v) is 4.30. The zero-order chi connectivity index (χ0) is 11.7. The SMILES string of the molecule is Nc1cnc(Sc2nc3ccccc3o2)cn1. The Morgan fingerprint density at radius 3 is 2.76 bits per heavy atom. The third-order valence-electron chi connectivity index (χ3n) is 2.11. The number of hydrogen-bond acceptors (Lipinski definition) is 6. The monoisotopic (exact) mass is 244 g/mol. The molecular formula is C11H8N4OS. The van der Waals surface area contributed by atoms with E-state index in [4.69, 9.17) is 10.2 Å². The van der Waals surface area contributed by atoms with Gasteiger partial charge < -0.3 is 10.2 Å². The molecule has 1 aromatic carbocycles. The summed E-state index contributed by atoms with van der Waals surface area (Å²) in [5.41, 5.74) is 7.05. The highest BCUT2D eigenvalue weighted by molar-refractivity contribution is 7.99. The molecule has 84 valence electrons. The van der Waals surface area contributed by atoms with Crippen LogP contribution < -0.4 is 5.73 Å². The summed E-state index contributed by atoms with van der Waals surface area (Å²) in [5, 5.41) is 1.25. The molecule has 0 aliphatic rings. The van der Waals surface area contributed by atoms with E-state index in [1.807, 2.05) is 24.3 Å². The van der Waals surface area contributed by atoms with Crippen LogP contribution in [0.15, 0.2) is 51.3 Å². The first kappa shape index (κ1) is 10.1. The molecule has 6 heteroatoms. The molecule has 2 aromatic heterocycles. The number of hydrogen-bond donors (Lipinski definition) is 1. The molecule has 0 spiro atoms. The zero-order valence-electron chi connectivity index (χ0n) is 8.70. The lowest BCUT2D eigenvalue weighted by molar-refractivity contribution is 0.489. The van der Waals surface area contributed by atoms with Crippen molar-refractivity contribution in [2.45, 2.75) is 10.2 Å². The molecule has 5 nitrogen and oxygen atoms in total. The number of fused-ring (bicyclic) bond motifs is 1. The van der Waals surface area contributed by atoms with Gasteiger partial charge in [0.2, 0.25) is 0 Å². The fraction of sp³-hybridized carbons (Fsp3) is 0. The Balaban J connectivity index is 1.92. The average molecular weight is 244 g/mol. The summed E-state index contributed by atoms with van der Waals surface area (Å²) in [6.07, 6.45) is 3.10. The van der Waals surface area contributed by atoms with E-state index in [1.165, 1.54) is 18.0 Å². The fourth-order valence-corrected chi connectivity index (χ4v) is 2.03. The van der Waals surface area contributed by atoms with E-state index in [-0.39, 0.29) is 0 Å². The third-order valence-corrected chi connectivity index (χ3v) is 2.88. The van der Waals surface area contributed by atoms with Gasteiger partial charge in [0, 0.05) is 0 Å². The Morgan fingerprint density at radius 1 is 1.12 bits per heavy atom. The zero-order valence-corrected chi connectivity index (χ0v) is 9.52. The molecule has 0 bridgehead atoms. The van der Waals surface area contributed by atoms with Crippen LogP contribution in [-0.2, 0) is 0 Å². The maximum Gasteiger partial charge on any atom is 0.263 e. The van der Waals surface area contributed by atoms with E-state index < -0.39 is 0 Å². The first-order valence-corrected chi connectivity index (χ1v) is 5.74. The molecule has 0 amide bonds. The van der Waals surface area contributed by atoms with Crippen LogP contribution in [0.1, 0.15) is 0 Å². The van der Waals surface area contributed by atoms with Crippen molar-refractivity contribution in [3.05, 3.63) is 36.7 Å². The van der Waals surface area contributed by atoms with Crippen molar-refractivity contribution in [3.63, 3.8) is 0 Å². The van der Waals surface area contributed by atoms with E-state index in [0.717, 1.165) is 11.1 Å². The van der Waals surface area contributed by atoms with E-state index in [0.29, 0.717) is 16.1 Å². The molecular weight excluding hydrogens is 236 g/mol. The summed E-state index contributed by atoms with van der Waals surface area (Å²) in [6.45, 7) is 0. The minimum Gasteiger partial charge on any atom is -0.431 e. The first-order valence-electron chi connectivity index (χ1n) is 4.92. The Labute approximate surface area is 101 Å². The maximum atomic E-state index is 5.56. The van der Waals surface area contributed by atoms with Gasteiger partial charge in [0.05, 0.1) is 12.4 Å². The molecule has 0 radical (unpaired) electrons. The van der Waals surface area contributed by atoms with Gasteiger partial charge in [-0.3, -0.25) is 0 Å². The number of oxazole rings is 1. The highest BCUT2D eigenvalue weighted by Crippen LogP contribution is 2.27. The van der Waals surface area contributed by atoms with Crippen molar-refractivity contribution >= 4 is 28.7 Å². The summed E-state index contributed by atoms with van der Waals surface area (Å²) in [5.74, 6) is 0.395. The topological polar surface area (TPSA) is 77.8 Å². The average Bonchev–Trinajstić information content (AvgIpc) is 2.74. The van der Waals surface area contributed by atoms with Gasteiger partial charge in [0.1, 0.15) is 16.4 Å². The minimum absolute atomic E-state index is 0.395. The standard InChI is InChI=1S/C11H8N4OS/c12-9-5-14-10(6-13-9)17-11-15-7-3-1-2-4-8(7)16-11/h1-6H,(H2,12,13). The van der Waals surface area contributed by atoms with Crippen LogP contribution in [0.2, 0.25) is 0 Å². The molecule has 0 atom stereocenters. The van der Waals surface area contributed by atoms with Crippen LogP contribution >= 0.6 is 11.8 Å². The lowest BCUT2D eigenvalue weighted by Crippen LogP contribution is -1.91. The predicted octanol–water partition coefficient (Wildman–Crippen LogP) is 2.35. The molecule has 17 heavy (non-hydrogen) atoms. The van der Waals surface area contributed by atoms with E-state index in [1.54, 1.807) is 6.20 Å². The minimum atomic E-state index is 0.395. The fourth-order valence-electron chi connectivity index (χ4n) is 1.36. The number of para-hydroxylation sites is 2. The summed E-state index contributed by atoms with van der Waals surface area (Å²) < 4.78 is 5.56. The van der Waals surface area contributed by atoms with E-state index in [9.17, 15) is 0 Å². The van der Waals surface area contributed by atoms with Crippen LogP contribution in [0, 0.1) is 0 Å². The molecule has 2 N–H and O–H groups in total. The lowest BCUT2D eigenvalue weighted by Gasteiger charge is -1.95. The molecule has 2 heterocycles. The molecule has 0 unspecified atom stereocenters. The summed E-state index contributed by atoms with van der Waals surface area (Å²) in [7, 11) is 0. The van der Waals surface area contributed by atoms with Crippen LogP contribution in [0.5, 0.6) is 0 Å². The van der Waals surface area contributed by atoms with Gasteiger partial charge in [-0.15, -0.1) is 0 Å². The van der Waals surface area contributed by atoms with Crippen LogP contribution in [-0.4, -0.2) is 15.0 Å².